The molecule has 154 valence electrons. The molecule has 0 saturated carbocycles. The summed E-state index contributed by atoms with van der Waals surface area (Å²) in [7, 11) is 0. The van der Waals surface area contributed by atoms with Crippen LogP contribution in [0.4, 0.5) is 11.5 Å². The molecule has 1 amide bonds. The molecule has 30 heavy (non-hydrogen) atoms. The Kier molecular flexibility index (Phi) is 5.79. The zero-order chi connectivity index (χ0) is 21.1. The molecule has 0 unspecified atom stereocenters. The Labute approximate surface area is 178 Å². The number of rotatable bonds is 4. The fraction of sp³-hybridized carbons (Fsp3) is 0.320. The van der Waals surface area contributed by atoms with Crippen LogP contribution in [0, 0.1) is 26.7 Å². The number of aromatic nitrogens is 2. The summed E-state index contributed by atoms with van der Waals surface area (Å²) in [6.45, 7) is 7.73. The Balaban J connectivity index is 1.48. The van der Waals surface area contributed by atoms with E-state index in [1.165, 1.54) is 11.1 Å². The number of carbonyl (C=O) groups excluding carboxylic acids is 1. The lowest BCUT2D eigenvalue weighted by Gasteiger charge is -2.33. The Morgan fingerprint density at radius 2 is 1.80 bits per heavy atom. The molecule has 1 saturated heterocycles. The Hall–Kier alpha value is -3.21. The van der Waals surface area contributed by atoms with E-state index in [0.717, 1.165) is 42.0 Å². The van der Waals surface area contributed by atoms with Crippen molar-refractivity contribution in [2.45, 2.75) is 33.6 Å². The molecular formula is C25H28N4O. The molecule has 2 heterocycles. The normalized spacial score (nSPS) is 16.4. The zero-order valence-corrected chi connectivity index (χ0v) is 17.9. The van der Waals surface area contributed by atoms with E-state index in [1.54, 1.807) is 6.20 Å². The van der Waals surface area contributed by atoms with Crippen molar-refractivity contribution in [1.29, 1.82) is 0 Å². The maximum Gasteiger partial charge on any atom is 0.229 e. The second-order valence-corrected chi connectivity index (χ2v) is 8.20. The molecule has 3 aromatic rings. The summed E-state index contributed by atoms with van der Waals surface area (Å²) >= 11 is 0. The second kappa shape index (κ2) is 8.66. The first-order chi connectivity index (χ1) is 14.5. The summed E-state index contributed by atoms with van der Waals surface area (Å²) < 4.78 is 0. The van der Waals surface area contributed by atoms with Crippen LogP contribution in [0.2, 0.25) is 0 Å². The van der Waals surface area contributed by atoms with E-state index in [2.05, 4.69) is 47.2 Å². The van der Waals surface area contributed by atoms with Crippen LogP contribution < -0.4 is 10.2 Å². The predicted molar refractivity (Wildman–Crippen MR) is 122 cm³/mol. The van der Waals surface area contributed by atoms with Gasteiger partial charge in [-0.15, -0.1) is 0 Å². The van der Waals surface area contributed by atoms with Crippen molar-refractivity contribution in [2.75, 3.05) is 23.3 Å². The SMILES string of the molecule is Cc1ccc(-c2nccc(N3CCC[C@H](C(=O)Nc4ccc(C)cc4C)C3)n2)cc1. The molecule has 1 aromatic heterocycles. The van der Waals surface area contributed by atoms with Crippen LogP contribution in [0.1, 0.15) is 29.5 Å². The van der Waals surface area contributed by atoms with Crippen LogP contribution in [0.3, 0.4) is 0 Å². The third-order valence-electron chi connectivity index (χ3n) is 5.71. The topological polar surface area (TPSA) is 58.1 Å². The fourth-order valence-corrected chi connectivity index (χ4v) is 3.95. The minimum absolute atomic E-state index is 0.0581. The Morgan fingerprint density at radius 3 is 2.57 bits per heavy atom. The molecule has 1 fully saturated rings. The quantitative estimate of drug-likeness (QED) is 0.675. The summed E-state index contributed by atoms with van der Waals surface area (Å²) in [5.41, 5.74) is 5.40. The van der Waals surface area contributed by atoms with Crippen molar-refractivity contribution in [3.05, 3.63) is 71.4 Å². The summed E-state index contributed by atoms with van der Waals surface area (Å²) in [6, 6.07) is 16.3. The maximum atomic E-state index is 12.9. The highest BCUT2D eigenvalue weighted by atomic mass is 16.1. The molecule has 0 radical (unpaired) electrons. The molecule has 0 spiro atoms. The van der Waals surface area contributed by atoms with Gasteiger partial charge in [0.2, 0.25) is 5.91 Å². The summed E-state index contributed by atoms with van der Waals surface area (Å²) in [5, 5.41) is 3.12. The molecule has 0 bridgehead atoms. The number of anilines is 2. The van der Waals surface area contributed by atoms with Gasteiger partial charge in [0, 0.05) is 30.5 Å². The lowest BCUT2D eigenvalue weighted by molar-refractivity contribution is -0.120. The highest BCUT2D eigenvalue weighted by Crippen LogP contribution is 2.25. The lowest BCUT2D eigenvalue weighted by atomic mass is 9.96. The van der Waals surface area contributed by atoms with Crippen LogP contribution in [0.25, 0.3) is 11.4 Å². The number of hydrogen-bond acceptors (Lipinski definition) is 4. The number of piperidine rings is 1. The number of nitrogens with one attached hydrogen (secondary N) is 1. The minimum Gasteiger partial charge on any atom is -0.356 e. The molecule has 2 aromatic carbocycles. The van der Waals surface area contributed by atoms with Crippen LogP contribution in [0.15, 0.2) is 54.7 Å². The number of carbonyl (C=O) groups is 1. The third kappa shape index (κ3) is 4.51. The maximum absolute atomic E-state index is 12.9. The van der Waals surface area contributed by atoms with E-state index in [9.17, 15) is 4.79 Å². The molecule has 1 atom stereocenters. The average Bonchev–Trinajstić information content (AvgIpc) is 2.76. The van der Waals surface area contributed by atoms with Crippen LogP contribution in [0.5, 0.6) is 0 Å². The van der Waals surface area contributed by atoms with Gasteiger partial charge in [-0.2, -0.15) is 0 Å². The van der Waals surface area contributed by atoms with Crippen molar-refractivity contribution >= 4 is 17.4 Å². The second-order valence-electron chi connectivity index (χ2n) is 8.20. The van der Waals surface area contributed by atoms with Gasteiger partial charge in [-0.3, -0.25) is 4.79 Å². The number of nitrogens with zero attached hydrogens (tertiary/aromatic N) is 3. The molecule has 1 aliphatic rings. The van der Waals surface area contributed by atoms with Crippen molar-refractivity contribution in [3.63, 3.8) is 0 Å². The van der Waals surface area contributed by atoms with Gasteiger partial charge < -0.3 is 10.2 Å². The van der Waals surface area contributed by atoms with Gasteiger partial charge in [0.05, 0.1) is 5.92 Å². The van der Waals surface area contributed by atoms with Crippen molar-refractivity contribution in [2.24, 2.45) is 5.92 Å². The number of aryl methyl sites for hydroxylation is 3. The average molecular weight is 401 g/mol. The van der Waals surface area contributed by atoms with Gasteiger partial charge in [0.25, 0.3) is 0 Å². The zero-order valence-electron chi connectivity index (χ0n) is 17.9. The number of amides is 1. The Bertz CT molecular complexity index is 1050. The Morgan fingerprint density at radius 1 is 1.03 bits per heavy atom. The van der Waals surface area contributed by atoms with Crippen LogP contribution in [-0.2, 0) is 4.79 Å². The van der Waals surface area contributed by atoms with Crippen LogP contribution in [-0.4, -0.2) is 29.0 Å². The van der Waals surface area contributed by atoms with Crippen molar-refractivity contribution < 1.29 is 4.79 Å². The smallest absolute Gasteiger partial charge is 0.229 e. The van der Waals surface area contributed by atoms with Gasteiger partial charge in [-0.05, 0) is 51.3 Å². The van der Waals surface area contributed by atoms with Crippen LogP contribution >= 0.6 is 0 Å². The van der Waals surface area contributed by atoms with Gasteiger partial charge in [0.1, 0.15) is 5.82 Å². The summed E-state index contributed by atoms with van der Waals surface area (Å²) in [5.74, 6) is 1.62. The highest BCUT2D eigenvalue weighted by Gasteiger charge is 2.27. The molecule has 0 aliphatic carbocycles. The monoisotopic (exact) mass is 400 g/mol. The first kappa shape index (κ1) is 20.1. The molecular weight excluding hydrogens is 372 g/mol. The predicted octanol–water partition coefficient (Wildman–Crippen LogP) is 4.92. The van der Waals surface area contributed by atoms with E-state index in [1.807, 2.05) is 37.3 Å². The van der Waals surface area contributed by atoms with E-state index in [0.29, 0.717) is 12.4 Å². The fourth-order valence-electron chi connectivity index (χ4n) is 3.95. The van der Waals surface area contributed by atoms with Gasteiger partial charge in [0.15, 0.2) is 5.82 Å². The van der Waals surface area contributed by atoms with E-state index < -0.39 is 0 Å². The van der Waals surface area contributed by atoms with E-state index in [-0.39, 0.29) is 11.8 Å². The van der Waals surface area contributed by atoms with Crippen molar-refractivity contribution in [1.82, 2.24) is 9.97 Å². The molecule has 5 nitrogen and oxygen atoms in total. The van der Waals surface area contributed by atoms with E-state index >= 15 is 0 Å². The first-order valence-electron chi connectivity index (χ1n) is 10.5. The molecule has 5 heteroatoms. The van der Waals surface area contributed by atoms with Gasteiger partial charge >= 0.3 is 0 Å². The highest BCUT2D eigenvalue weighted by molar-refractivity contribution is 5.93. The lowest BCUT2D eigenvalue weighted by Crippen LogP contribution is -2.41. The van der Waals surface area contributed by atoms with E-state index in [4.69, 9.17) is 4.98 Å². The van der Waals surface area contributed by atoms with Crippen molar-refractivity contribution in [3.8, 4) is 11.4 Å². The molecule has 4 rings (SSSR count). The standard InChI is InChI=1S/C25H28N4O/c1-17-6-9-20(10-7-17)24-26-13-12-23(28-24)29-14-4-5-21(16-29)25(30)27-22-11-8-18(2)15-19(22)3/h6-13,15,21H,4-5,14,16H2,1-3H3,(H,27,30)/t21-/m0/s1. The van der Waals surface area contributed by atoms with Gasteiger partial charge in [-0.1, -0.05) is 47.5 Å². The summed E-state index contributed by atoms with van der Waals surface area (Å²) in [4.78, 5) is 24.4. The number of hydrogen-bond donors (Lipinski definition) is 1. The number of benzene rings is 2. The molecule has 1 aliphatic heterocycles. The largest absolute Gasteiger partial charge is 0.356 e. The molecule has 1 N–H and O–H groups in total. The minimum atomic E-state index is -0.0581. The summed E-state index contributed by atoms with van der Waals surface area (Å²) in [6.07, 6.45) is 3.66. The first-order valence-corrected chi connectivity index (χ1v) is 10.5. The third-order valence-corrected chi connectivity index (χ3v) is 5.71. The van der Waals surface area contributed by atoms with Gasteiger partial charge in [-0.25, -0.2) is 9.97 Å².